The van der Waals surface area contributed by atoms with Crippen molar-refractivity contribution < 1.29 is 34.4 Å². The average molecular weight is 552 g/mol. The van der Waals surface area contributed by atoms with Crippen LogP contribution in [0.3, 0.4) is 0 Å². The monoisotopic (exact) mass is 551 g/mol. The number of nitrogens with one attached hydrogen (secondary N) is 1. The molecule has 4 N–H and O–H groups in total. The molecule has 2 unspecified atom stereocenters. The lowest BCUT2D eigenvalue weighted by atomic mass is 9.85. The minimum absolute atomic E-state index is 0.0199. The standard InChI is InChI=1S/C16H29NO3.C13H18O4.C2H6/c1-12(2)8-14(19-5)9-15(18)17-10-13-6-7-16(3,4)11-20-13;1-3-4-5-6-9-8(2)10(14)7-11(15)12(9)13(16)17;1-2/h13-14H,1,6-11H2,2-5H3,(H,17,18);7,14-15H,3-6H2,1-2H3,(H,16,17);1-2H3. The summed E-state index contributed by atoms with van der Waals surface area (Å²) in [5.41, 5.74) is 2.28. The third-order valence-electron chi connectivity index (χ3n) is 6.61. The van der Waals surface area contributed by atoms with Gasteiger partial charge < -0.3 is 30.1 Å². The lowest BCUT2D eigenvalue weighted by Crippen LogP contribution is -2.40. The number of rotatable bonds is 12. The van der Waals surface area contributed by atoms with Crippen molar-refractivity contribution in [2.75, 3.05) is 20.3 Å². The van der Waals surface area contributed by atoms with Crippen molar-refractivity contribution in [3.63, 3.8) is 0 Å². The first-order valence-electron chi connectivity index (χ1n) is 14.1. The van der Waals surface area contributed by atoms with Crippen molar-refractivity contribution in [3.8, 4) is 11.5 Å². The number of amides is 1. The van der Waals surface area contributed by atoms with Crippen LogP contribution < -0.4 is 5.32 Å². The molecule has 39 heavy (non-hydrogen) atoms. The predicted molar refractivity (Wildman–Crippen MR) is 157 cm³/mol. The van der Waals surface area contributed by atoms with Gasteiger partial charge in [-0.05, 0) is 62.5 Å². The van der Waals surface area contributed by atoms with Crippen molar-refractivity contribution in [2.45, 2.75) is 112 Å². The SMILES string of the molecule is C=C(C)CC(CC(=O)NCC1CCC(C)(C)CO1)OC.CC.CCCCCc1c(C)c(O)cc(O)c1C(=O)O. The maximum atomic E-state index is 11.9. The second kappa shape index (κ2) is 18.7. The number of hydrogen-bond acceptors (Lipinski definition) is 6. The van der Waals surface area contributed by atoms with Crippen LogP contribution in [0, 0.1) is 12.3 Å². The molecule has 1 amide bonds. The molecule has 0 aromatic heterocycles. The average Bonchev–Trinajstić information content (AvgIpc) is 2.87. The molecule has 1 aliphatic heterocycles. The number of hydrogen-bond donors (Lipinski definition) is 4. The summed E-state index contributed by atoms with van der Waals surface area (Å²) in [6, 6.07) is 1.09. The molecule has 8 nitrogen and oxygen atoms in total. The molecule has 0 aliphatic carbocycles. The molecule has 8 heteroatoms. The van der Waals surface area contributed by atoms with E-state index in [0.29, 0.717) is 30.5 Å². The number of phenolic OH excluding ortho intramolecular Hbond substituents is 1. The first-order valence-corrected chi connectivity index (χ1v) is 14.1. The van der Waals surface area contributed by atoms with Crippen LogP contribution in [0.2, 0.25) is 0 Å². The fraction of sp³-hybridized carbons (Fsp3) is 0.677. The zero-order valence-electron chi connectivity index (χ0n) is 25.5. The van der Waals surface area contributed by atoms with Crippen LogP contribution >= 0.6 is 0 Å². The van der Waals surface area contributed by atoms with E-state index < -0.39 is 5.97 Å². The largest absolute Gasteiger partial charge is 0.508 e. The Morgan fingerprint density at radius 2 is 1.85 bits per heavy atom. The van der Waals surface area contributed by atoms with Gasteiger partial charge >= 0.3 is 5.97 Å². The summed E-state index contributed by atoms with van der Waals surface area (Å²) in [5.74, 6) is -1.56. The summed E-state index contributed by atoms with van der Waals surface area (Å²) in [6.45, 7) is 19.3. The molecule has 1 aliphatic rings. The maximum absolute atomic E-state index is 11.9. The van der Waals surface area contributed by atoms with Crippen molar-refractivity contribution in [1.29, 1.82) is 0 Å². The molecule has 0 spiro atoms. The Morgan fingerprint density at radius 3 is 2.33 bits per heavy atom. The summed E-state index contributed by atoms with van der Waals surface area (Å²) in [5, 5.41) is 31.2. The molecule has 1 fully saturated rings. The molecule has 1 aromatic rings. The van der Waals surface area contributed by atoms with Gasteiger partial charge in [0.15, 0.2) is 0 Å². The first kappa shape index (κ1) is 36.4. The van der Waals surface area contributed by atoms with E-state index in [-0.39, 0.29) is 40.6 Å². The Bertz CT molecular complexity index is 901. The Hall–Kier alpha value is -2.58. The van der Waals surface area contributed by atoms with Crippen molar-refractivity contribution in [2.24, 2.45) is 5.41 Å². The minimum Gasteiger partial charge on any atom is -0.508 e. The fourth-order valence-electron chi connectivity index (χ4n) is 4.26. The number of carbonyl (C=O) groups is 2. The van der Waals surface area contributed by atoms with E-state index >= 15 is 0 Å². The zero-order valence-corrected chi connectivity index (χ0v) is 25.5. The molecule has 0 radical (unpaired) electrons. The summed E-state index contributed by atoms with van der Waals surface area (Å²) in [6.07, 6.45) is 6.74. The smallest absolute Gasteiger partial charge is 0.339 e. The number of ether oxygens (including phenoxy) is 2. The van der Waals surface area contributed by atoms with Gasteiger partial charge in [-0.2, -0.15) is 0 Å². The summed E-state index contributed by atoms with van der Waals surface area (Å²) in [4.78, 5) is 23.0. The first-order chi connectivity index (χ1) is 18.3. The molecule has 0 saturated carbocycles. The fourth-order valence-corrected chi connectivity index (χ4v) is 4.26. The number of benzene rings is 1. The third-order valence-corrected chi connectivity index (χ3v) is 6.61. The van der Waals surface area contributed by atoms with Gasteiger partial charge in [-0.15, -0.1) is 6.58 Å². The lowest BCUT2D eigenvalue weighted by Gasteiger charge is -2.34. The van der Waals surface area contributed by atoms with E-state index in [1.54, 1.807) is 14.0 Å². The topological polar surface area (TPSA) is 125 Å². The van der Waals surface area contributed by atoms with E-state index in [9.17, 15) is 19.8 Å². The number of unbranched alkanes of at least 4 members (excludes halogenated alkanes) is 2. The Labute approximate surface area is 235 Å². The number of aromatic carboxylic acids is 1. The molecule has 2 atom stereocenters. The van der Waals surface area contributed by atoms with Gasteiger partial charge in [-0.3, -0.25) is 4.79 Å². The molecular weight excluding hydrogens is 498 g/mol. The zero-order chi connectivity index (χ0) is 30.2. The van der Waals surface area contributed by atoms with Crippen molar-refractivity contribution in [3.05, 3.63) is 34.9 Å². The van der Waals surface area contributed by atoms with Crippen LogP contribution in [0.5, 0.6) is 11.5 Å². The summed E-state index contributed by atoms with van der Waals surface area (Å²) < 4.78 is 11.1. The molecule has 1 aromatic carbocycles. The normalized spacial score (nSPS) is 16.6. The highest BCUT2D eigenvalue weighted by atomic mass is 16.5. The van der Waals surface area contributed by atoms with Crippen LogP contribution in [-0.2, 0) is 20.7 Å². The Morgan fingerprint density at radius 1 is 1.21 bits per heavy atom. The molecule has 1 saturated heterocycles. The van der Waals surface area contributed by atoms with E-state index in [0.717, 1.165) is 56.8 Å². The second-order valence-corrected chi connectivity index (χ2v) is 10.8. The van der Waals surface area contributed by atoms with Gasteiger partial charge in [0.1, 0.15) is 17.1 Å². The quantitative estimate of drug-likeness (QED) is 0.172. The number of phenols is 2. The highest BCUT2D eigenvalue weighted by molar-refractivity contribution is 5.93. The van der Waals surface area contributed by atoms with Crippen LogP contribution in [0.25, 0.3) is 0 Å². The molecule has 2 rings (SSSR count). The third kappa shape index (κ3) is 13.9. The van der Waals surface area contributed by atoms with Crippen LogP contribution in [0.15, 0.2) is 18.2 Å². The molecule has 0 bridgehead atoms. The number of aromatic hydroxyl groups is 2. The van der Waals surface area contributed by atoms with Crippen molar-refractivity contribution in [1.82, 2.24) is 5.32 Å². The van der Waals surface area contributed by atoms with Gasteiger partial charge in [0, 0.05) is 19.7 Å². The van der Waals surface area contributed by atoms with E-state index in [4.69, 9.17) is 14.6 Å². The van der Waals surface area contributed by atoms with Crippen LogP contribution in [0.4, 0.5) is 0 Å². The molecular formula is C31H53NO7. The van der Waals surface area contributed by atoms with Gasteiger partial charge in [0.05, 0.1) is 25.2 Å². The van der Waals surface area contributed by atoms with E-state index in [2.05, 4.69) is 32.7 Å². The minimum atomic E-state index is -1.16. The highest BCUT2D eigenvalue weighted by Gasteiger charge is 2.27. The number of carboxylic acids is 1. The second-order valence-electron chi connectivity index (χ2n) is 10.8. The highest BCUT2D eigenvalue weighted by Crippen LogP contribution is 2.33. The number of methoxy groups -OCH3 is 1. The number of carboxylic acid groups (broad SMARTS) is 1. The lowest BCUT2D eigenvalue weighted by molar-refractivity contribution is -0.124. The van der Waals surface area contributed by atoms with Gasteiger partial charge in [-0.1, -0.05) is 53.0 Å². The van der Waals surface area contributed by atoms with E-state index in [1.807, 2.05) is 20.8 Å². The van der Waals surface area contributed by atoms with Crippen molar-refractivity contribution >= 4 is 11.9 Å². The Kier molecular flexibility index (Phi) is 17.4. The molecule has 1 heterocycles. The van der Waals surface area contributed by atoms with Gasteiger partial charge in [0.25, 0.3) is 0 Å². The van der Waals surface area contributed by atoms with Crippen LogP contribution in [-0.4, -0.2) is 59.7 Å². The number of carbonyl (C=O) groups excluding carboxylic acids is 1. The predicted octanol–water partition coefficient (Wildman–Crippen LogP) is 6.54. The van der Waals surface area contributed by atoms with Gasteiger partial charge in [-0.25, -0.2) is 4.79 Å². The Balaban J connectivity index is 0.000000704. The van der Waals surface area contributed by atoms with Gasteiger partial charge in [0.2, 0.25) is 5.91 Å². The maximum Gasteiger partial charge on any atom is 0.339 e. The van der Waals surface area contributed by atoms with Crippen LogP contribution in [0.1, 0.15) is 108 Å². The molecule has 224 valence electrons. The summed E-state index contributed by atoms with van der Waals surface area (Å²) in [7, 11) is 1.63. The summed E-state index contributed by atoms with van der Waals surface area (Å²) >= 11 is 0. The van der Waals surface area contributed by atoms with E-state index in [1.165, 1.54) is 0 Å².